The molecule has 0 saturated heterocycles. The van der Waals surface area contributed by atoms with Gasteiger partial charge in [0.25, 0.3) is 11.8 Å². The number of aliphatic hydroxyl groups excluding tert-OH is 1. The molecule has 4 N–H and O–H groups in total. The smallest absolute Gasteiger partial charge is 0.271 e. The van der Waals surface area contributed by atoms with Crippen molar-refractivity contribution in [3.63, 3.8) is 0 Å². The lowest BCUT2D eigenvalue weighted by atomic mass is 10.1. The fourth-order valence-electron chi connectivity index (χ4n) is 2.82. The van der Waals surface area contributed by atoms with Crippen molar-refractivity contribution in [2.24, 2.45) is 5.10 Å². The molecule has 2 amide bonds. The highest BCUT2D eigenvalue weighted by Gasteiger charge is 2.17. The predicted molar refractivity (Wildman–Crippen MR) is 132 cm³/mol. The second kappa shape index (κ2) is 11.0. The van der Waals surface area contributed by atoms with Crippen molar-refractivity contribution in [3.05, 3.63) is 73.5 Å². The van der Waals surface area contributed by atoms with Crippen LogP contribution in [0.3, 0.4) is 0 Å². The molecular formula is C22H18Cl3N3O4S. The molecule has 1 aromatic heterocycles. The van der Waals surface area contributed by atoms with Crippen LogP contribution in [0.25, 0.3) is 10.4 Å². The average Bonchev–Trinajstić information content (AvgIpc) is 3.18. The summed E-state index contributed by atoms with van der Waals surface area (Å²) in [6.07, 6.45) is 0. The predicted octanol–water partition coefficient (Wildman–Crippen LogP) is 4.96. The SMILES string of the molecule is C/C(=N/NC(=O)c1ccc(C(=O)NCCO)c(Cl)c1)c1csc(-c2ccc(Cl)c(Cl)c2)c1O. The van der Waals surface area contributed by atoms with Crippen LogP contribution in [0.5, 0.6) is 5.75 Å². The summed E-state index contributed by atoms with van der Waals surface area (Å²) >= 11 is 19.4. The summed E-state index contributed by atoms with van der Waals surface area (Å²) in [4.78, 5) is 25.0. The van der Waals surface area contributed by atoms with E-state index in [-0.39, 0.29) is 35.1 Å². The Morgan fingerprint density at radius 1 is 1.00 bits per heavy atom. The lowest BCUT2D eigenvalue weighted by molar-refractivity contribution is 0.0937. The first-order valence-electron chi connectivity index (χ1n) is 9.52. The van der Waals surface area contributed by atoms with Crippen LogP contribution in [0, 0.1) is 0 Å². The Morgan fingerprint density at radius 2 is 1.76 bits per heavy atom. The molecule has 0 bridgehead atoms. The van der Waals surface area contributed by atoms with Gasteiger partial charge in [0.1, 0.15) is 5.75 Å². The van der Waals surface area contributed by atoms with Gasteiger partial charge in [-0.15, -0.1) is 11.3 Å². The number of halogens is 3. The quantitative estimate of drug-likeness (QED) is 0.258. The van der Waals surface area contributed by atoms with E-state index in [1.165, 1.54) is 29.5 Å². The molecule has 3 rings (SSSR count). The third-order valence-corrected chi connectivity index (χ3v) is 6.60. The maximum Gasteiger partial charge on any atom is 0.271 e. The zero-order valence-corrected chi connectivity index (χ0v) is 20.2. The van der Waals surface area contributed by atoms with Crippen molar-refractivity contribution < 1.29 is 19.8 Å². The van der Waals surface area contributed by atoms with Crippen molar-refractivity contribution in [1.82, 2.24) is 10.7 Å². The number of hydrogen-bond donors (Lipinski definition) is 4. The van der Waals surface area contributed by atoms with E-state index in [9.17, 15) is 14.7 Å². The highest BCUT2D eigenvalue weighted by atomic mass is 35.5. The van der Waals surface area contributed by atoms with Crippen LogP contribution in [0.4, 0.5) is 0 Å². The summed E-state index contributed by atoms with van der Waals surface area (Å²) in [5.74, 6) is -0.992. The Labute approximate surface area is 208 Å². The van der Waals surface area contributed by atoms with Crippen molar-refractivity contribution in [2.75, 3.05) is 13.2 Å². The number of amides is 2. The normalized spacial score (nSPS) is 11.4. The van der Waals surface area contributed by atoms with Gasteiger partial charge in [0.05, 0.1) is 43.4 Å². The standard InChI is InChI=1S/C22H18Cl3N3O4S/c1-11(15-10-33-20(19(15)30)12-3-5-16(23)18(25)8-12)27-28-21(31)13-2-4-14(17(24)9-13)22(32)26-6-7-29/h2-5,8-10,29-30H,6-7H2,1H3,(H,26,32)(H,28,31)/b27-11-. The first kappa shape index (κ1) is 25.0. The third-order valence-electron chi connectivity index (χ3n) is 4.53. The molecule has 33 heavy (non-hydrogen) atoms. The van der Waals surface area contributed by atoms with Gasteiger partial charge in [0.2, 0.25) is 0 Å². The highest BCUT2D eigenvalue weighted by molar-refractivity contribution is 7.14. The van der Waals surface area contributed by atoms with Gasteiger partial charge in [-0.1, -0.05) is 40.9 Å². The molecule has 0 atom stereocenters. The zero-order valence-electron chi connectivity index (χ0n) is 17.2. The highest BCUT2D eigenvalue weighted by Crippen LogP contribution is 2.40. The number of rotatable bonds is 7. The topological polar surface area (TPSA) is 111 Å². The third kappa shape index (κ3) is 5.85. The maximum atomic E-state index is 12.5. The van der Waals surface area contributed by atoms with E-state index < -0.39 is 11.8 Å². The molecule has 0 spiro atoms. The van der Waals surface area contributed by atoms with E-state index in [0.29, 0.717) is 31.8 Å². The molecule has 0 saturated carbocycles. The van der Waals surface area contributed by atoms with Crippen molar-refractivity contribution in [2.45, 2.75) is 6.92 Å². The van der Waals surface area contributed by atoms with E-state index in [1.807, 2.05) is 0 Å². The van der Waals surface area contributed by atoms with Crippen LogP contribution in [0.2, 0.25) is 15.1 Å². The van der Waals surface area contributed by atoms with Crippen LogP contribution >= 0.6 is 46.1 Å². The second-order valence-electron chi connectivity index (χ2n) is 6.77. The lowest BCUT2D eigenvalue weighted by Gasteiger charge is -2.07. The van der Waals surface area contributed by atoms with Gasteiger partial charge in [-0.25, -0.2) is 5.43 Å². The summed E-state index contributed by atoms with van der Waals surface area (Å²) in [6, 6.07) is 9.24. The first-order valence-corrected chi connectivity index (χ1v) is 11.5. The monoisotopic (exact) mass is 525 g/mol. The van der Waals surface area contributed by atoms with Gasteiger partial charge in [-0.05, 0) is 42.8 Å². The fraction of sp³-hybridized carbons (Fsp3) is 0.136. The van der Waals surface area contributed by atoms with Crippen LogP contribution in [-0.4, -0.2) is 40.9 Å². The molecule has 0 aliphatic heterocycles. The largest absolute Gasteiger partial charge is 0.506 e. The number of hydrogen-bond acceptors (Lipinski definition) is 6. The summed E-state index contributed by atoms with van der Waals surface area (Å²) in [5.41, 5.74) is 4.33. The average molecular weight is 527 g/mol. The van der Waals surface area contributed by atoms with Gasteiger partial charge in [0.15, 0.2) is 0 Å². The number of nitrogens with one attached hydrogen (secondary N) is 2. The van der Waals surface area contributed by atoms with Gasteiger partial charge in [-0.2, -0.15) is 5.10 Å². The van der Waals surface area contributed by atoms with E-state index in [4.69, 9.17) is 39.9 Å². The molecule has 0 fully saturated rings. The van der Waals surface area contributed by atoms with Gasteiger partial charge in [0, 0.05) is 17.5 Å². The molecule has 3 aromatic rings. The molecule has 0 aliphatic rings. The van der Waals surface area contributed by atoms with Crippen LogP contribution in [-0.2, 0) is 0 Å². The van der Waals surface area contributed by atoms with Crippen LogP contribution in [0.1, 0.15) is 33.2 Å². The van der Waals surface area contributed by atoms with E-state index in [1.54, 1.807) is 30.5 Å². The van der Waals surface area contributed by atoms with E-state index in [2.05, 4.69) is 15.8 Å². The number of aromatic hydroxyl groups is 1. The minimum absolute atomic E-state index is 0.00942. The van der Waals surface area contributed by atoms with Gasteiger partial charge < -0.3 is 15.5 Å². The van der Waals surface area contributed by atoms with Gasteiger partial charge in [-0.3, -0.25) is 9.59 Å². The lowest BCUT2D eigenvalue weighted by Crippen LogP contribution is -2.27. The molecule has 7 nitrogen and oxygen atoms in total. The van der Waals surface area contributed by atoms with Gasteiger partial charge >= 0.3 is 0 Å². The Balaban J connectivity index is 1.74. The maximum absolute atomic E-state index is 12.5. The van der Waals surface area contributed by atoms with E-state index in [0.717, 1.165) is 0 Å². The Morgan fingerprint density at radius 3 is 2.42 bits per heavy atom. The number of thiophene rings is 1. The van der Waals surface area contributed by atoms with Crippen molar-refractivity contribution in [1.29, 1.82) is 0 Å². The number of hydrazone groups is 1. The van der Waals surface area contributed by atoms with Crippen molar-refractivity contribution >= 4 is 63.7 Å². The number of carbonyl (C=O) groups is 2. The minimum atomic E-state index is -0.544. The number of nitrogens with zero attached hydrogens (tertiary/aromatic N) is 1. The number of carbonyl (C=O) groups excluding carboxylic acids is 2. The minimum Gasteiger partial charge on any atom is -0.506 e. The number of aliphatic hydroxyl groups is 1. The van der Waals surface area contributed by atoms with E-state index >= 15 is 0 Å². The van der Waals surface area contributed by atoms with Crippen LogP contribution in [0.15, 0.2) is 46.9 Å². The van der Waals surface area contributed by atoms with Crippen molar-refractivity contribution in [3.8, 4) is 16.2 Å². The molecule has 172 valence electrons. The zero-order chi connectivity index (χ0) is 24.1. The Hall–Kier alpha value is -2.62. The number of benzene rings is 2. The Kier molecular flexibility index (Phi) is 8.34. The molecular weight excluding hydrogens is 509 g/mol. The molecule has 0 aliphatic carbocycles. The summed E-state index contributed by atoms with van der Waals surface area (Å²) in [7, 11) is 0. The first-order chi connectivity index (χ1) is 15.7. The summed E-state index contributed by atoms with van der Waals surface area (Å²) < 4.78 is 0. The molecule has 1 heterocycles. The fourth-order valence-corrected chi connectivity index (χ4v) is 4.38. The molecule has 0 radical (unpaired) electrons. The van der Waals surface area contributed by atoms with Crippen LogP contribution < -0.4 is 10.7 Å². The second-order valence-corrected chi connectivity index (χ2v) is 8.87. The molecule has 11 heteroatoms. The summed E-state index contributed by atoms with van der Waals surface area (Å²) in [6.45, 7) is 1.53. The molecule has 0 unspecified atom stereocenters. The molecule has 2 aromatic carbocycles. The Bertz CT molecular complexity index is 1240. The summed E-state index contributed by atoms with van der Waals surface area (Å²) in [5, 5.41) is 28.6.